The van der Waals surface area contributed by atoms with E-state index in [1.165, 1.54) is 0 Å². The number of amides is 1. The summed E-state index contributed by atoms with van der Waals surface area (Å²) in [4.78, 5) is 24.3. The van der Waals surface area contributed by atoms with Crippen molar-refractivity contribution in [2.45, 2.75) is 13.8 Å². The number of anilines is 2. The average Bonchev–Trinajstić information content (AvgIpc) is 2.47. The predicted molar refractivity (Wildman–Crippen MR) is 77.1 cm³/mol. The molecule has 1 fully saturated rings. The normalized spacial score (nSPS) is 15.2. The molecule has 0 spiro atoms. The molecule has 0 radical (unpaired) electrons. The maximum Gasteiger partial charge on any atom is 0.409 e. The highest BCUT2D eigenvalue weighted by Gasteiger charge is 2.23. The first-order valence-electron chi connectivity index (χ1n) is 6.84. The van der Waals surface area contributed by atoms with E-state index in [1.54, 1.807) is 4.90 Å². The number of aryl methyl sites for hydroxylation is 1. The SMILES string of the molecule is CCOC(=O)N1CCN(c2cc(NC)nc(C)n2)CC1. The molecule has 2 heterocycles. The van der Waals surface area contributed by atoms with Crippen LogP contribution in [0.2, 0.25) is 0 Å². The van der Waals surface area contributed by atoms with Crippen LogP contribution in [0.3, 0.4) is 0 Å². The Labute approximate surface area is 118 Å². The summed E-state index contributed by atoms with van der Waals surface area (Å²) in [5.41, 5.74) is 0. The molecular formula is C13H21N5O2. The average molecular weight is 279 g/mol. The fourth-order valence-electron chi connectivity index (χ4n) is 2.17. The van der Waals surface area contributed by atoms with E-state index in [1.807, 2.05) is 27.0 Å². The number of nitrogens with zero attached hydrogens (tertiary/aromatic N) is 4. The van der Waals surface area contributed by atoms with Gasteiger partial charge in [-0.15, -0.1) is 0 Å². The summed E-state index contributed by atoms with van der Waals surface area (Å²) in [5.74, 6) is 2.44. The van der Waals surface area contributed by atoms with Crippen LogP contribution in [-0.2, 0) is 4.74 Å². The van der Waals surface area contributed by atoms with Gasteiger partial charge in [0, 0.05) is 39.3 Å². The molecule has 110 valence electrons. The number of nitrogens with one attached hydrogen (secondary N) is 1. The van der Waals surface area contributed by atoms with Crippen molar-refractivity contribution in [2.24, 2.45) is 0 Å². The maximum absolute atomic E-state index is 11.6. The number of ether oxygens (including phenoxy) is 1. The van der Waals surface area contributed by atoms with Gasteiger partial charge < -0.3 is 19.9 Å². The van der Waals surface area contributed by atoms with Crippen molar-refractivity contribution in [3.05, 3.63) is 11.9 Å². The smallest absolute Gasteiger partial charge is 0.409 e. The van der Waals surface area contributed by atoms with Crippen LogP contribution in [0.25, 0.3) is 0 Å². The van der Waals surface area contributed by atoms with Crippen molar-refractivity contribution in [1.29, 1.82) is 0 Å². The van der Waals surface area contributed by atoms with E-state index in [9.17, 15) is 4.79 Å². The second-order valence-corrected chi connectivity index (χ2v) is 4.58. The zero-order valence-electron chi connectivity index (χ0n) is 12.2. The lowest BCUT2D eigenvalue weighted by molar-refractivity contribution is 0.105. The van der Waals surface area contributed by atoms with E-state index in [0.717, 1.165) is 30.5 Å². The van der Waals surface area contributed by atoms with E-state index < -0.39 is 0 Å². The van der Waals surface area contributed by atoms with Gasteiger partial charge in [-0.2, -0.15) is 0 Å². The Balaban J connectivity index is 2.00. The van der Waals surface area contributed by atoms with Crippen molar-refractivity contribution in [3.63, 3.8) is 0 Å². The lowest BCUT2D eigenvalue weighted by Crippen LogP contribution is -2.49. The third-order valence-corrected chi connectivity index (χ3v) is 3.21. The first-order valence-corrected chi connectivity index (χ1v) is 6.84. The van der Waals surface area contributed by atoms with Crippen molar-refractivity contribution in [2.75, 3.05) is 50.1 Å². The minimum Gasteiger partial charge on any atom is -0.450 e. The van der Waals surface area contributed by atoms with E-state index in [-0.39, 0.29) is 6.09 Å². The minimum absolute atomic E-state index is 0.234. The molecule has 1 aliphatic rings. The molecular weight excluding hydrogens is 258 g/mol. The van der Waals surface area contributed by atoms with Gasteiger partial charge in [0.25, 0.3) is 0 Å². The summed E-state index contributed by atoms with van der Waals surface area (Å²) in [5, 5.41) is 3.03. The molecule has 0 aliphatic carbocycles. The molecule has 0 unspecified atom stereocenters. The third kappa shape index (κ3) is 3.28. The van der Waals surface area contributed by atoms with Crippen molar-refractivity contribution < 1.29 is 9.53 Å². The zero-order valence-corrected chi connectivity index (χ0v) is 12.2. The number of rotatable bonds is 3. The topological polar surface area (TPSA) is 70.6 Å². The van der Waals surface area contributed by atoms with Gasteiger partial charge in [-0.25, -0.2) is 14.8 Å². The number of piperazine rings is 1. The zero-order chi connectivity index (χ0) is 14.5. The van der Waals surface area contributed by atoms with Gasteiger partial charge in [-0.05, 0) is 13.8 Å². The second-order valence-electron chi connectivity index (χ2n) is 4.58. The highest BCUT2D eigenvalue weighted by Crippen LogP contribution is 2.17. The molecule has 1 N–H and O–H groups in total. The number of aromatic nitrogens is 2. The summed E-state index contributed by atoms with van der Waals surface area (Å²) in [6.45, 7) is 6.90. The second kappa shape index (κ2) is 6.40. The predicted octanol–water partition coefficient (Wildman–Crippen LogP) is 1.11. The fraction of sp³-hybridized carbons (Fsp3) is 0.615. The van der Waals surface area contributed by atoms with Gasteiger partial charge in [-0.1, -0.05) is 0 Å². The number of hydrogen-bond donors (Lipinski definition) is 1. The standard InChI is InChI=1S/C13H21N5O2/c1-4-20-13(19)18-7-5-17(6-8-18)12-9-11(14-3)15-10(2)16-12/h9H,4-8H2,1-3H3,(H,14,15,16). The summed E-state index contributed by atoms with van der Waals surface area (Å²) in [6.07, 6.45) is -0.234. The van der Waals surface area contributed by atoms with Gasteiger partial charge in [0.1, 0.15) is 17.5 Å². The molecule has 1 aromatic heterocycles. The Morgan fingerprint density at radius 1 is 1.35 bits per heavy atom. The van der Waals surface area contributed by atoms with Crippen LogP contribution in [0.5, 0.6) is 0 Å². The molecule has 20 heavy (non-hydrogen) atoms. The Hall–Kier alpha value is -2.05. The molecule has 1 saturated heterocycles. The Morgan fingerprint density at radius 2 is 2.05 bits per heavy atom. The lowest BCUT2D eigenvalue weighted by atomic mass is 10.3. The Morgan fingerprint density at radius 3 is 2.65 bits per heavy atom. The maximum atomic E-state index is 11.6. The number of hydrogen-bond acceptors (Lipinski definition) is 6. The van der Waals surface area contributed by atoms with Crippen LogP contribution in [0, 0.1) is 6.92 Å². The number of carbonyl (C=O) groups is 1. The van der Waals surface area contributed by atoms with Crippen LogP contribution in [0.1, 0.15) is 12.7 Å². The van der Waals surface area contributed by atoms with Crippen LogP contribution in [0.4, 0.5) is 16.4 Å². The molecule has 0 saturated carbocycles. The van der Waals surface area contributed by atoms with Crippen LogP contribution in [0.15, 0.2) is 6.07 Å². The molecule has 0 bridgehead atoms. The van der Waals surface area contributed by atoms with Gasteiger partial charge in [0.05, 0.1) is 6.61 Å². The first-order chi connectivity index (χ1) is 9.63. The van der Waals surface area contributed by atoms with E-state index in [0.29, 0.717) is 19.7 Å². The summed E-state index contributed by atoms with van der Waals surface area (Å²) in [7, 11) is 1.84. The molecule has 7 heteroatoms. The van der Waals surface area contributed by atoms with Crippen LogP contribution >= 0.6 is 0 Å². The molecule has 0 aromatic carbocycles. The van der Waals surface area contributed by atoms with Gasteiger partial charge in [0.2, 0.25) is 0 Å². The van der Waals surface area contributed by atoms with E-state index >= 15 is 0 Å². The highest BCUT2D eigenvalue weighted by atomic mass is 16.6. The van der Waals surface area contributed by atoms with Gasteiger partial charge in [-0.3, -0.25) is 0 Å². The molecule has 1 amide bonds. The quantitative estimate of drug-likeness (QED) is 0.893. The minimum atomic E-state index is -0.234. The highest BCUT2D eigenvalue weighted by molar-refractivity contribution is 5.68. The lowest BCUT2D eigenvalue weighted by Gasteiger charge is -2.34. The van der Waals surface area contributed by atoms with Crippen LogP contribution < -0.4 is 10.2 Å². The van der Waals surface area contributed by atoms with E-state index in [4.69, 9.17) is 4.74 Å². The van der Waals surface area contributed by atoms with Gasteiger partial charge >= 0.3 is 6.09 Å². The molecule has 2 rings (SSSR count). The van der Waals surface area contributed by atoms with Crippen molar-refractivity contribution >= 4 is 17.7 Å². The fourth-order valence-corrected chi connectivity index (χ4v) is 2.17. The van der Waals surface area contributed by atoms with Crippen molar-refractivity contribution in [1.82, 2.24) is 14.9 Å². The Bertz CT molecular complexity index is 472. The summed E-state index contributed by atoms with van der Waals surface area (Å²) in [6, 6.07) is 1.92. The van der Waals surface area contributed by atoms with Gasteiger partial charge in [0.15, 0.2) is 0 Å². The first kappa shape index (κ1) is 14.4. The number of carbonyl (C=O) groups excluding carboxylic acids is 1. The molecule has 1 aliphatic heterocycles. The molecule has 7 nitrogen and oxygen atoms in total. The third-order valence-electron chi connectivity index (χ3n) is 3.21. The van der Waals surface area contributed by atoms with Crippen molar-refractivity contribution in [3.8, 4) is 0 Å². The van der Waals surface area contributed by atoms with E-state index in [2.05, 4.69) is 20.2 Å². The molecule has 0 atom stereocenters. The monoisotopic (exact) mass is 279 g/mol. The largest absolute Gasteiger partial charge is 0.450 e. The Kier molecular flexibility index (Phi) is 4.60. The molecule has 1 aromatic rings. The van der Waals surface area contributed by atoms with Crippen LogP contribution in [-0.4, -0.2) is 60.8 Å². The summed E-state index contributed by atoms with van der Waals surface area (Å²) < 4.78 is 5.01. The summed E-state index contributed by atoms with van der Waals surface area (Å²) >= 11 is 0.